The Morgan fingerprint density at radius 3 is 2.20 bits per heavy atom. The van der Waals surface area contributed by atoms with Crippen molar-refractivity contribution in [3.8, 4) is 0 Å². The topological polar surface area (TPSA) is 41.6 Å². The van der Waals surface area contributed by atoms with Crippen molar-refractivity contribution in [2.45, 2.75) is 45.8 Å². The lowest BCUT2D eigenvalue weighted by molar-refractivity contribution is -0.159. The third kappa shape index (κ3) is 7.09. The zero-order valence-electron chi connectivity index (χ0n) is 12.6. The number of rotatable bonds is 9. The molecule has 0 saturated carbocycles. The number of ether oxygens (including phenoxy) is 1. The molecule has 1 N–H and O–H groups in total. The quantitative estimate of drug-likeness (QED) is 0.663. The summed E-state index contributed by atoms with van der Waals surface area (Å²) >= 11 is 0. The second kappa shape index (κ2) is 8.46. The first-order chi connectivity index (χ1) is 9.18. The number of halogens is 3. The van der Waals surface area contributed by atoms with E-state index in [1.807, 2.05) is 0 Å². The Kier molecular flexibility index (Phi) is 8.12. The van der Waals surface area contributed by atoms with E-state index in [-0.39, 0.29) is 19.7 Å². The SMILES string of the molecule is CCCN(CC(F)(F)F)CC(C)(NCC)C(=O)OCC. The normalized spacial score (nSPS) is 15.2. The van der Waals surface area contributed by atoms with Gasteiger partial charge in [0.2, 0.25) is 0 Å². The Morgan fingerprint density at radius 2 is 1.80 bits per heavy atom. The second-order valence-corrected chi connectivity index (χ2v) is 4.91. The minimum Gasteiger partial charge on any atom is -0.465 e. The summed E-state index contributed by atoms with van der Waals surface area (Å²) in [5.41, 5.74) is -1.13. The maximum atomic E-state index is 12.6. The summed E-state index contributed by atoms with van der Waals surface area (Å²) in [6.45, 7) is 6.74. The number of carbonyl (C=O) groups excluding carboxylic acids is 1. The lowest BCUT2D eigenvalue weighted by Crippen LogP contribution is -2.58. The van der Waals surface area contributed by atoms with Crippen LogP contribution in [0.25, 0.3) is 0 Å². The van der Waals surface area contributed by atoms with Gasteiger partial charge in [-0.05, 0) is 33.4 Å². The van der Waals surface area contributed by atoms with Crippen LogP contribution < -0.4 is 5.32 Å². The summed E-state index contributed by atoms with van der Waals surface area (Å²) in [4.78, 5) is 13.2. The standard InChI is InChI=1S/C13H25F3N2O2/c1-5-8-18(10-13(14,15)16)9-12(4,17-6-2)11(19)20-7-3/h17H,5-10H2,1-4H3. The summed E-state index contributed by atoms with van der Waals surface area (Å²) in [5, 5.41) is 2.93. The molecular weight excluding hydrogens is 273 g/mol. The number of hydrogen-bond acceptors (Lipinski definition) is 4. The van der Waals surface area contributed by atoms with Crippen LogP contribution in [0.15, 0.2) is 0 Å². The molecule has 0 aliphatic carbocycles. The molecule has 0 aromatic carbocycles. The van der Waals surface area contributed by atoms with Gasteiger partial charge in [0.1, 0.15) is 5.54 Å². The van der Waals surface area contributed by atoms with Crippen LogP contribution in [0.2, 0.25) is 0 Å². The molecule has 0 fully saturated rings. The van der Waals surface area contributed by atoms with Crippen LogP contribution in [0.1, 0.15) is 34.1 Å². The Balaban J connectivity index is 4.93. The number of likely N-dealkylation sites (N-methyl/N-ethyl adjacent to an activating group) is 1. The van der Waals surface area contributed by atoms with Crippen LogP contribution in [0, 0.1) is 0 Å². The van der Waals surface area contributed by atoms with Gasteiger partial charge in [0.05, 0.1) is 13.2 Å². The molecule has 0 amide bonds. The summed E-state index contributed by atoms with van der Waals surface area (Å²) < 4.78 is 42.6. The molecule has 0 bridgehead atoms. The van der Waals surface area contributed by atoms with Crippen molar-refractivity contribution in [1.82, 2.24) is 10.2 Å². The zero-order valence-corrected chi connectivity index (χ0v) is 12.6. The highest BCUT2D eigenvalue weighted by atomic mass is 19.4. The summed E-state index contributed by atoms with van der Waals surface area (Å²) in [7, 11) is 0. The summed E-state index contributed by atoms with van der Waals surface area (Å²) in [6.07, 6.45) is -3.70. The smallest absolute Gasteiger partial charge is 0.401 e. The summed E-state index contributed by atoms with van der Waals surface area (Å²) in [5.74, 6) is -0.523. The van der Waals surface area contributed by atoms with E-state index in [1.54, 1.807) is 27.7 Å². The van der Waals surface area contributed by atoms with E-state index in [2.05, 4.69) is 5.32 Å². The molecule has 0 rings (SSSR count). The first-order valence-corrected chi connectivity index (χ1v) is 6.89. The van der Waals surface area contributed by atoms with Gasteiger partial charge in [-0.2, -0.15) is 13.2 Å². The maximum Gasteiger partial charge on any atom is 0.401 e. The van der Waals surface area contributed by atoms with E-state index in [1.165, 1.54) is 4.90 Å². The fourth-order valence-corrected chi connectivity index (χ4v) is 2.10. The molecule has 0 aliphatic heterocycles. The summed E-state index contributed by atoms with van der Waals surface area (Å²) in [6, 6.07) is 0. The molecule has 0 aromatic rings. The van der Waals surface area contributed by atoms with Crippen molar-refractivity contribution >= 4 is 5.97 Å². The van der Waals surface area contributed by atoms with E-state index in [0.29, 0.717) is 13.0 Å². The molecule has 1 atom stereocenters. The molecule has 20 heavy (non-hydrogen) atoms. The minimum absolute atomic E-state index is 0.0347. The van der Waals surface area contributed by atoms with Crippen molar-refractivity contribution in [2.24, 2.45) is 0 Å². The van der Waals surface area contributed by atoms with Gasteiger partial charge >= 0.3 is 12.1 Å². The number of alkyl halides is 3. The highest BCUT2D eigenvalue weighted by molar-refractivity contribution is 5.80. The average molecular weight is 298 g/mol. The molecule has 7 heteroatoms. The molecule has 0 spiro atoms. The second-order valence-electron chi connectivity index (χ2n) is 4.91. The van der Waals surface area contributed by atoms with Crippen molar-refractivity contribution in [3.05, 3.63) is 0 Å². The van der Waals surface area contributed by atoms with Gasteiger partial charge in [-0.25, -0.2) is 0 Å². The first kappa shape index (κ1) is 19.2. The van der Waals surface area contributed by atoms with Crippen LogP contribution >= 0.6 is 0 Å². The fourth-order valence-electron chi connectivity index (χ4n) is 2.10. The number of nitrogens with one attached hydrogen (secondary N) is 1. The van der Waals surface area contributed by atoms with Gasteiger partial charge in [0, 0.05) is 6.54 Å². The Morgan fingerprint density at radius 1 is 1.20 bits per heavy atom. The molecule has 120 valence electrons. The molecule has 1 unspecified atom stereocenters. The first-order valence-electron chi connectivity index (χ1n) is 6.89. The third-order valence-electron chi connectivity index (χ3n) is 2.78. The fraction of sp³-hybridized carbons (Fsp3) is 0.923. The van der Waals surface area contributed by atoms with Gasteiger partial charge < -0.3 is 10.1 Å². The van der Waals surface area contributed by atoms with Crippen LogP contribution in [0.4, 0.5) is 13.2 Å². The molecule has 0 radical (unpaired) electrons. The van der Waals surface area contributed by atoms with Crippen molar-refractivity contribution in [3.63, 3.8) is 0 Å². The molecule has 4 nitrogen and oxygen atoms in total. The van der Waals surface area contributed by atoms with E-state index >= 15 is 0 Å². The lowest BCUT2D eigenvalue weighted by atomic mass is 10.0. The van der Waals surface area contributed by atoms with Crippen LogP contribution in [0.5, 0.6) is 0 Å². The number of nitrogens with zero attached hydrogens (tertiary/aromatic N) is 1. The lowest BCUT2D eigenvalue weighted by Gasteiger charge is -2.34. The molecular formula is C13H25F3N2O2. The third-order valence-corrected chi connectivity index (χ3v) is 2.78. The predicted molar refractivity (Wildman–Crippen MR) is 71.5 cm³/mol. The highest BCUT2D eigenvalue weighted by Gasteiger charge is 2.39. The van der Waals surface area contributed by atoms with Gasteiger partial charge in [0.15, 0.2) is 0 Å². The van der Waals surface area contributed by atoms with Crippen LogP contribution in [0.3, 0.4) is 0 Å². The highest BCUT2D eigenvalue weighted by Crippen LogP contribution is 2.19. The monoisotopic (exact) mass is 298 g/mol. The average Bonchev–Trinajstić information content (AvgIpc) is 2.27. The van der Waals surface area contributed by atoms with Crippen molar-refractivity contribution in [2.75, 3.05) is 32.8 Å². The number of hydrogen-bond donors (Lipinski definition) is 1. The van der Waals surface area contributed by atoms with Gasteiger partial charge in [-0.15, -0.1) is 0 Å². The maximum absolute atomic E-state index is 12.6. The minimum atomic E-state index is -4.28. The predicted octanol–water partition coefficient (Wildman–Crippen LogP) is 2.19. The molecule has 0 aliphatic rings. The van der Waals surface area contributed by atoms with Crippen LogP contribution in [-0.4, -0.2) is 55.4 Å². The molecule has 0 aromatic heterocycles. The number of carbonyl (C=O) groups is 1. The van der Waals surface area contributed by atoms with E-state index in [4.69, 9.17) is 4.74 Å². The van der Waals surface area contributed by atoms with Crippen molar-refractivity contribution < 1.29 is 22.7 Å². The van der Waals surface area contributed by atoms with E-state index < -0.39 is 24.2 Å². The van der Waals surface area contributed by atoms with Crippen molar-refractivity contribution in [1.29, 1.82) is 0 Å². The Bertz CT molecular complexity index is 298. The van der Waals surface area contributed by atoms with E-state index in [9.17, 15) is 18.0 Å². The number of esters is 1. The Hall–Kier alpha value is -0.820. The largest absolute Gasteiger partial charge is 0.465 e. The molecule has 0 heterocycles. The van der Waals surface area contributed by atoms with E-state index in [0.717, 1.165) is 0 Å². The van der Waals surface area contributed by atoms with Gasteiger partial charge in [-0.1, -0.05) is 13.8 Å². The van der Waals surface area contributed by atoms with Gasteiger partial charge in [0.25, 0.3) is 0 Å². The zero-order chi connectivity index (χ0) is 15.8. The van der Waals surface area contributed by atoms with Gasteiger partial charge in [-0.3, -0.25) is 9.69 Å². The molecule has 0 saturated heterocycles. The van der Waals surface area contributed by atoms with Crippen LogP contribution in [-0.2, 0) is 9.53 Å². The Labute approximate surface area is 118 Å².